The minimum Gasteiger partial charge on any atom is -0.453 e. The Bertz CT molecular complexity index is 1230. The van der Waals surface area contributed by atoms with Crippen LogP contribution in [0.4, 0.5) is 5.69 Å². The van der Waals surface area contributed by atoms with Crippen LogP contribution in [-0.2, 0) is 16.5 Å². The summed E-state index contributed by atoms with van der Waals surface area (Å²) in [6.45, 7) is 5.59. The van der Waals surface area contributed by atoms with E-state index >= 15 is 0 Å². The fourth-order valence-corrected chi connectivity index (χ4v) is 3.47. The molecule has 1 aliphatic heterocycles. The molecule has 3 aromatic rings. The largest absolute Gasteiger partial charge is 0.453 e. The Hall–Kier alpha value is -3.80. The molecule has 0 spiro atoms. The van der Waals surface area contributed by atoms with Crippen molar-refractivity contribution in [1.29, 1.82) is 0 Å². The first-order valence-electron chi connectivity index (χ1n) is 10.1. The molecular formula is C25H25N3O3. The Morgan fingerprint density at radius 2 is 1.61 bits per heavy atom. The molecule has 6 heteroatoms. The number of allylic oxidation sites excluding steroid dienone is 2. The van der Waals surface area contributed by atoms with E-state index in [-0.39, 0.29) is 5.56 Å². The van der Waals surface area contributed by atoms with Gasteiger partial charge in [-0.05, 0) is 25.1 Å². The van der Waals surface area contributed by atoms with E-state index in [1.807, 2.05) is 94.6 Å². The van der Waals surface area contributed by atoms with Crippen LogP contribution in [0.5, 0.6) is 0 Å². The number of nitrogens with zero attached hydrogens (tertiary/aromatic N) is 3. The molecule has 0 bridgehead atoms. The number of hydrogen-bond donors (Lipinski definition) is 0. The summed E-state index contributed by atoms with van der Waals surface area (Å²) >= 11 is 0. The van der Waals surface area contributed by atoms with Crippen LogP contribution >= 0.6 is 0 Å². The van der Waals surface area contributed by atoms with Gasteiger partial charge < -0.3 is 9.47 Å². The van der Waals surface area contributed by atoms with Crippen molar-refractivity contribution in [1.82, 2.24) is 9.36 Å². The summed E-state index contributed by atoms with van der Waals surface area (Å²) in [6, 6.07) is 19.4. The average Bonchev–Trinajstić information content (AvgIpc) is 2.97. The summed E-state index contributed by atoms with van der Waals surface area (Å²) in [5.74, 6) is 0.511. The summed E-state index contributed by atoms with van der Waals surface area (Å²) in [5.41, 5.74) is 2.75. The van der Waals surface area contributed by atoms with E-state index in [2.05, 4.69) is 4.99 Å². The van der Waals surface area contributed by atoms with E-state index < -0.39 is 5.79 Å². The van der Waals surface area contributed by atoms with Gasteiger partial charge in [-0.1, -0.05) is 48.5 Å². The third kappa shape index (κ3) is 4.23. The van der Waals surface area contributed by atoms with Crippen molar-refractivity contribution in [2.45, 2.75) is 26.6 Å². The highest BCUT2D eigenvalue weighted by Crippen LogP contribution is 2.32. The van der Waals surface area contributed by atoms with Crippen molar-refractivity contribution in [2.24, 2.45) is 12.0 Å². The maximum Gasteiger partial charge on any atom is 0.297 e. The lowest BCUT2D eigenvalue weighted by Gasteiger charge is -2.33. The number of aromatic nitrogens is 2. The molecule has 0 N–H and O–H groups in total. The number of aliphatic imine (C=N–C) groups is 1. The first-order valence-corrected chi connectivity index (χ1v) is 10.1. The predicted octanol–water partition coefficient (Wildman–Crippen LogP) is 4.89. The van der Waals surface area contributed by atoms with Crippen LogP contribution in [0.3, 0.4) is 0 Å². The Balaban J connectivity index is 1.67. The van der Waals surface area contributed by atoms with Crippen molar-refractivity contribution in [3.8, 4) is 5.69 Å². The van der Waals surface area contributed by atoms with Crippen LogP contribution in [0, 0.1) is 6.92 Å². The third-order valence-electron chi connectivity index (χ3n) is 5.02. The summed E-state index contributed by atoms with van der Waals surface area (Å²) in [7, 11) is 1.85. The first kappa shape index (κ1) is 20.5. The molecule has 1 aromatic heterocycles. The zero-order chi connectivity index (χ0) is 22.0. The molecule has 158 valence electrons. The summed E-state index contributed by atoms with van der Waals surface area (Å²) in [6.07, 6.45) is 5.16. The van der Waals surface area contributed by atoms with Crippen LogP contribution in [-0.4, -0.2) is 21.4 Å². The Morgan fingerprint density at radius 3 is 2.29 bits per heavy atom. The van der Waals surface area contributed by atoms with E-state index in [1.165, 1.54) is 0 Å². The Morgan fingerprint density at radius 1 is 0.968 bits per heavy atom. The molecular weight excluding hydrogens is 390 g/mol. The van der Waals surface area contributed by atoms with Crippen LogP contribution in [0.25, 0.3) is 11.4 Å². The highest BCUT2D eigenvalue weighted by molar-refractivity contribution is 5.77. The zero-order valence-corrected chi connectivity index (χ0v) is 18.1. The van der Waals surface area contributed by atoms with E-state index in [4.69, 9.17) is 9.47 Å². The molecule has 0 atom stereocenters. The Kier molecular flexibility index (Phi) is 5.38. The standard InChI is InChI=1S/C25H25N3O3/c1-18-23(24(29)28(27(18)4)20-13-9-6-10-14-20)26-16-15-21-17-22(31-25(2,3)30-21)19-11-7-5-8-12-19/h5-17H,1-4H3. The molecule has 1 aliphatic rings. The number of ether oxygens (including phenoxy) is 2. The van der Waals surface area contributed by atoms with Crippen molar-refractivity contribution < 1.29 is 9.47 Å². The molecule has 0 unspecified atom stereocenters. The lowest BCUT2D eigenvalue weighted by Crippen LogP contribution is -2.30. The molecule has 0 saturated carbocycles. The molecule has 6 nitrogen and oxygen atoms in total. The van der Waals surface area contributed by atoms with Gasteiger partial charge in [-0.2, -0.15) is 0 Å². The fourth-order valence-electron chi connectivity index (χ4n) is 3.47. The monoisotopic (exact) mass is 415 g/mol. The van der Waals surface area contributed by atoms with Crippen molar-refractivity contribution >= 4 is 17.7 Å². The normalized spacial score (nSPS) is 16.8. The van der Waals surface area contributed by atoms with Gasteiger partial charge in [0.05, 0.1) is 11.4 Å². The molecule has 0 amide bonds. The summed E-state index contributed by atoms with van der Waals surface area (Å²) in [4.78, 5) is 17.4. The van der Waals surface area contributed by atoms with Gasteiger partial charge in [-0.3, -0.25) is 9.48 Å². The number of hydrogen-bond acceptors (Lipinski definition) is 4. The molecule has 2 heterocycles. The summed E-state index contributed by atoms with van der Waals surface area (Å²) in [5, 5.41) is 0. The van der Waals surface area contributed by atoms with Gasteiger partial charge in [0, 0.05) is 38.7 Å². The molecule has 0 saturated heterocycles. The molecule has 0 aliphatic carbocycles. The van der Waals surface area contributed by atoms with E-state index in [0.717, 1.165) is 22.7 Å². The van der Waals surface area contributed by atoms with Gasteiger partial charge in [0.15, 0.2) is 5.69 Å². The maximum absolute atomic E-state index is 13.0. The fraction of sp³-hybridized carbons (Fsp3) is 0.200. The maximum atomic E-state index is 13.0. The minimum atomic E-state index is -0.817. The van der Waals surface area contributed by atoms with Gasteiger partial charge >= 0.3 is 0 Å². The van der Waals surface area contributed by atoms with Crippen LogP contribution in [0.2, 0.25) is 0 Å². The number of rotatable bonds is 4. The molecule has 4 rings (SSSR count). The van der Waals surface area contributed by atoms with Gasteiger partial charge in [-0.15, -0.1) is 0 Å². The van der Waals surface area contributed by atoms with E-state index in [1.54, 1.807) is 21.7 Å². The molecule has 0 radical (unpaired) electrons. The second kappa shape index (κ2) is 8.14. The topological polar surface area (TPSA) is 57.8 Å². The highest BCUT2D eigenvalue weighted by Gasteiger charge is 2.28. The second-order valence-corrected chi connectivity index (χ2v) is 7.74. The SMILES string of the molecule is Cc1c(N=CC=C2C=C(c3ccccc3)OC(C)(C)O2)c(=O)n(-c2ccccc2)n1C. The number of benzene rings is 2. The second-order valence-electron chi connectivity index (χ2n) is 7.74. The van der Waals surface area contributed by atoms with Gasteiger partial charge in [-0.25, -0.2) is 9.67 Å². The Labute approximate surface area is 181 Å². The summed E-state index contributed by atoms with van der Waals surface area (Å²) < 4.78 is 15.3. The van der Waals surface area contributed by atoms with Crippen molar-refractivity contribution in [3.05, 3.63) is 100 Å². The van der Waals surface area contributed by atoms with E-state index in [0.29, 0.717) is 11.4 Å². The zero-order valence-electron chi connectivity index (χ0n) is 18.1. The lowest BCUT2D eigenvalue weighted by atomic mass is 10.1. The minimum absolute atomic E-state index is 0.172. The van der Waals surface area contributed by atoms with Gasteiger partial charge in [0.25, 0.3) is 5.56 Å². The first-order chi connectivity index (χ1) is 14.9. The lowest BCUT2D eigenvalue weighted by molar-refractivity contribution is -0.149. The predicted molar refractivity (Wildman–Crippen MR) is 123 cm³/mol. The molecule has 2 aromatic carbocycles. The smallest absolute Gasteiger partial charge is 0.297 e. The van der Waals surface area contributed by atoms with Crippen LogP contribution in [0.1, 0.15) is 25.1 Å². The average molecular weight is 415 g/mol. The van der Waals surface area contributed by atoms with Crippen LogP contribution < -0.4 is 5.56 Å². The highest BCUT2D eigenvalue weighted by atomic mass is 16.7. The van der Waals surface area contributed by atoms with Gasteiger partial charge in [0.2, 0.25) is 5.79 Å². The van der Waals surface area contributed by atoms with E-state index in [9.17, 15) is 4.79 Å². The number of para-hydroxylation sites is 1. The van der Waals surface area contributed by atoms with Crippen LogP contribution in [0.15, 0.2) is 88.4 Å². The molecule has 31 heavy (non-hydrogen) atoms. The van der Waals surface area contributed by atoms with Crippen molar-refractivity contribution in [3.63, 3.8) is 0 Å². The van der Waals surface area contributed by atoms with Crippen molar-refractivity contribution in [2.75, 3.05) is 0 Å². The van der Waals surface area contributed by atoms with Gasteiger partial charge in [0.1, 0.15) is 11.5 Å². The third-order valence-corrected chi connectivity index (χ3v) is 5.02. The quantitative estimate of drug-likeness (QED) is 0.570. The molecule has 0 fully saturated rings.